The zero-order valence-electron chi connectivity index (χ0n) is 14.9. The lowest BCUT2D eigenvalue weighted by Crippen LogP contribution is -2.37. The average Bonchev–Trinajstić information content (AvgIpc) is 3.28. The molecule has 4 rings (SSSR count). The highest BCUT2D eigenvalue weighted by Crippen LogP contribution is 2.49. The Morgan fingerprint density at radius 1 is 1.22 bits per heavy atom. The Labute approximate surface area is 156 Å². The van der Waals surface area contributed by atoms with Gasteiger partial charge in [0.1, 0.15) is 0 Å². The number of nitrogens with one attached hydrogen (secondary N) is 1. The lowest BCUT2D eigenvalue weighted by molar-refractivity contribution is -0.149. The van der Waals surface area contributed by atoms with Crippen LogP contribution in [0.4, 0.5) is 0 Å². The first-order valence-corrected chi connectivity index (χ1v) is 9.34. The van der Waals surface area contributed by atoms with Crippen LogP contribution in [0.1, 0.15) is 41.6 Å². The van der Waals surface area contributed by atoms with Gasteiger partial charge in [-0.05, 0) is 42.9 Å². The molecule has 0 aromatic heterocycles. The van der Waals surface area contributed by atoms with Gasteiger partial charge in [0.15, 0.2) is 0 Å². The maximum atomic E-state index is 12.8. The van der Waals surface area contributed by atoms with E-state index in [9.17, 15) is 24.3 Å². The van der Waals surface area contributed by atoms with Gasteiger partial charge in [0.25, 0.3) is 5.91 Å². The van der Waals surface area contributed by atoms with E-state index >= 15 is 0 Å². The smallest absolute Gasteiger partial charge is 0.311 e. The normalized spacial score (nSPS) is 29.7. The summed E-state index contributed by atoms with van der Waals surface area (Å²) < 4.78 is 0. The van der Waals surface area contributed by atoms with Crippen LogP contribution in [0.15, 0.2) is 24.3 Å². The SMILES string of the molecule is O=C1CC(Cc2ccc(C(=O)N3C[C@@H]4CCC[C@@]4(C(=O)O)C3)cc2)C(=O)N1. The number of hydrogen-bond acceptors (Lipinski definition) is 4. The highest BCUT2D eigenvalue weighted by Gasteiger charge is 2.55. The quantitative estimate of drug-likeness (QED) is 0.776. The molecule has 1 unspecified atom stereocenters. The summed E-state index contributed by atoms with van der Waals surface area (Å²) in [5.74, 6) is -1.75. The largest absolute Gasteiger partial charge is 0.481 e. The summed E-state index contributed by atoms with van der Waals surface area (Å²) in [6.45, 7) is 0.773. The van der Waals surface area contributed by atoms with E-state index in [1.54, 1.807) is 29.2 Å². The van der Waals surface area contributed by atoms with Crippen molar-refractivity contribution in [3.05, 3.63) is 35.4 Å². The zero-order chi connectivity index (χ0) is 19.2. The highest BCUT2D eigenvalue weighted by molar-refractivity contribution is 6.03. The van der Waals surface area contributed by atoms with Crippen LogP contribution in [0.5, 0.6) is 0 Å². The van der Waals surface area contributed by atoms with Gasteiger partial charge in [-0.15, -0.1) is 0 Å². The monoisotopic (exact) mass is 370 g/mol. The Morgan fingerprint density at radius 3 is 2.56 bits per heavy atom. The number of benzene rings is 1. The van der Waals surface area contributed by atoms with E-state index in [0.29, 0.717) is 24.9 Å². The van der Waals surface area contributed by atoms with Gasteiger partial charge in [0.2, 0.25) is 11.8 Å². The number of rotatable bonds is 4. The van der Waals surface area contributed by atoms with E-state index in [2.05, 4.69) is 5.32 Å². The van der Waals surface area contributed by atoms with Gasteiger partial charge in [0.05, 0.1) is 11.3 Å². The van der Waals surface area contributed by atoms with Crippen LogP contribution in [-0.4, -0.2) is 46.8 Å². The molecule has 27 heavy (non-hydrogen) atoms. The first-order valence-electron chi connectivity index (χ1n) is 9.34. The van der Waals surface area contributed by atoms with E-state index < -0.39 is 11.4 Å². The summed E-state index contributed by atoms with van der Waals surface area (Å²) >= 11 is 0. The molecule has 142 valence electrons. The van der Waals surface area contributed by atoms with Gasteiger partial charge < -0.3 is 10.0 Å². The Hall–Kier alpha value is -2.70. The van der Waals surface area contributed by atoms with E-state index in [0.717, 1.165) is 18.4 Å². The fourth-order valence-corrected chi connectivity index (χ4v) is 4.82. The maximum absolute atomic E-state index is 12.8. The molecule has 2 aliphatic heterocycles. The number of likely N-dealkylation sites (tertiary alicyclic amines) is 1. The molecule has 2 N–H and O–H groups in total. The van der Waals surface area contributed by atoms with E-state index in [1.807, 2.05) is 0 Å². The molecule has 0 bridgehead atoms. The third-order valence-corrected chi connectivity index (χ3v) is 6.33. The predicted octanol–water partition coefficient (Wildman–Crippen LogP) is 1.22. The number of hydrogen-bond donors (Lipinski definition) is 2. The molecule has 1 aromatic carbocycles. The minimum atomic E-state index is -0.792. The summed E-state index contributed by atoms with van der Waals surface area (Å²) in [5.41, 5.74) is 0.630. The number of fused-ring (bicyclic) bond motifs is 1. The van der Waals surface area contributed by atoms with Gasteiger partial charge >= 0.3 is 5.97 Å². The second-order valence-electron chi connectivity index (χ2n) is 7.95. The number of carboxylic acid groups (broad SMARTS) is 1. The maximum Gasteiger partial charge on any atom is 0.311 e. The van der Waals surface area contributed by atoms with E-state index in [1.165, 1.54) is 0 Å². The molecule has 7 heteroatoms. The van der Waals surface area contributed by atoms with Gasteiger partial charge in [-0.2, -0.15) is 0 Å². The van der Waals surface area contributed by atoms with Gasteiger partial charge in [0, 0.05) is 25.1 Å². The molecule has 1 aliphatic carbocycles. The summed E-state index contributed by atoms with van der Waals surface area (Å²) in [6.07, 6.45) is 3.06. The van der Waals surface area contributed by atoms with Crippen LogP contribution in [0.25, 0.3) is 0 Å². The molecular weight excluding hydrogens is 348 g/mol. The number of carboxylic acids is 1. The van der Waals surface area contributed by atoms with Crippen molar-refractivity contribution in [1.82, 2.24) is 10.2 Å². The first kappa shape index (κ1) is 17.7. The van der Waals surface area contributed by atoms with E-state index in [-0.39, 0.29) is 42.5 Å². The lowest BCUT2D eigenvalue weighted by atomic mass is 9.81. The van der Waals surface area contributed by atoms with Crippen molar-refractivity contribution in [3.8, 4) is 0 Å². The Bertz CT molecular complexity index is 818. The van der Waals surface area contributed by atoms with Crippen molar-refractivity contribution in [1.29, 1.82) is 0 Å². The number of carbonyl (C=O) groups excluding carboxylic acids is 3. The molecule has 2 saturated heterocycles. The summed E-state index contributed by atoms with van der Waals surface area (Å²) in [5, 5.41) is 12.0. The fraction of sp³-hybridized carbons (Fsp3) is 0.500. The summed E-state index contributed by atoms with van der Waals surface area (Å²) in [6, 6.07) is 7.03. The minimum Gasteiger partial charge on any atom is -0.481 e. The topological polar surface area (TPSA) is 104 Å². The molecule has 3 atom stereocenters. The fourth-order valence-electron chi connectivity index (χ4n) is 4.82. The van der Waals surface area contributed by atoms with Crippen LogP contribution in [0.2, 0.25) is 0 Å². The molecule has 1 saturated carbocycles. The van der Waals surface area contributed by atoms with Gasteiger partial charge in [-0.25, -0.2) is 0 Å². The number of aliphatic carboxylic acids is 1. The first-order chi connectivity index (χ1) is 12.9. The van der Waals surface area contributed by atoms with Crippen LogP contribution in [0.3, 0.4) is 0 Å². The van der Waals surface area contributed by atoms with Crippen LogP contribution >= 0.6 is 0 Å². The lowest BCUT2D eigenvalue weighted by Gasteiger charge is -2.23. The molecule has 7 nitrogen and oxygen atoms in total. The molecule has 3 fully saturated rings. The van der Waals surface area contributed by atoms with Gasteiger partial charge in [-0.3, -0.25) is 24.5 Å². The molecule has 0 radical (unpaired) electrons. The van der Waals surface area contributed by atoms with Crippen molar-refractivity contribution >= 4 is 23.7 Å². The van der Waals surface area contributed by atoms with Crippen LogP contribution < -0.4 is 5.32 Å². The van der Waals surface area contributed by atoms with Crippen LogP contribution in [0, 0.1) is 17.3 Å². The summed E-state index contributed by atoms with van der Waals surface area (Å²) in [4.78, 5) is 49.2. The highest BCUT2D eigenvalue weighted by atomic mass is 16.4. The van der Waals surface area contributed by atoms with Gasteiger partial charge in [-0.1, -0.05) is 18.6 Å². The molecule has 2 heterocycles. The third kappa shape index (κ3) is 3.01. The van der Waals surface area contributed by atoms with E-state index in [4.69, 9.17) is 0 Å². The van der Waals surface area contributed by atoms with Crippen molar-refractivity contribution in [2.45, 2.75) is 32.1 Å². The number of carbonyl (C=O) groups is 4. The second kappa shape index (κ2) is 6.48. The Kier molecular flexibility index (Phi) is 4.25. The molecular formula is C20H22N2O5. The molecule has 0 spiro atoms. The summed E-state index contributed by atoms with van der Waals surface area (Å²) in [7, 11) is 0. The van der Waals surface area contributed by atoms with Crippen molar-refractivity contribution in [2.24, 2.45) is 17.3 Å². The zero-order valence-corrected chi connectivity index (χ0v) is 14.9. The Morgan fingerprint density at radius 2 is 1.96 bits per heavy atom. The van der Waals surface area contributed by atoms with Crippen molar-refractivity contribution in [3.63, 3.8) is 0 Å². The second-order valence-corrected chi connectivity index (χ2v) is 7.95. The molecule has 3 aliphatic rings. The third-order valence-electron chi connectivity index (χ3n) is 6.33. The predicted molar refractivity (Wildman–Crippen MR) is 94.7 cm³/mol. The molecule has 1 aromatic rings. The van der Waals surface area contributed by atoms with Crippen molar-refractivity contribution in [2.75, 3.05) is 13.1 Å². The average molecular weight is 370 g/mol. The number of imide groups is 1. The molecule has 3 amide bonds. The minimum absolute atomic E-state index is 0.0386. The van der Waals surface area contributed by atoms with Crippen LogP contribution in [-0.2, 0) is 20.8 Å². The van der Waals surface area contributed by atoms with Crippen molar-refractivity contribution < 1.29 is 24.3 Å². The number of nitrogens with zero attached hydrogens (tertiary/aromatic N) is 1. The number of amides is 3. The Balaban J connectivity index is 1.44. The standard InChI is InChI=1S/C20H22N2O5/c23-16-9-14(17(24)21-16)8-12-3-5-13(6-4-12)18(25)22-10-15-2-1-7-20(15,11-22)19(26)27/h3-6,14-15H,1-2,7-11H2,(H,26,27)(H,21,23,24)/t14?,15-,20+/m0/s1.